The average molecular weight is 328 g/mol. The first-order valence-electron chi connectivity index (χ1n) is 6.88. The van der Waals surface area contributed by atoms with Crippen LogP contribution in [-0.4, -0.2) is 22.4 Å². The Balaban J connectivity index is 2.05. The highest BCUT2D eigenvalue weighted by molar-refractivity contribution is 6.35. The van der Waals surface area contributed by atoms with Crippen LogP contribution in [0.4, 0.5) is 0 Å². The van der Waals surface area contributed by atoms with Gasteiger partial charge in [0.2, 0.25) is 0 Å². The number of ether oxygens (including phenoxy) is 1. The molecule has 114 valence electrons. The Labute approximate surface area is 135 Å². The van der Waals surface area contributed by atoms with Crippen LogP contribution < -0.4 is 10.1 Å². The van der Waals surface area contributed by atoms with Crippen LogP contribution in [0.1, 0.15) is 19.4 Å². The second-order valence-electron chi connectivity index (χ2n) is 5.03. The lowest BCUT2D eigenvalue weighted by molar-refractivity contribution is 0.288. The maximum atomic E-state index is 6.25. The number of halogens is 2. The van der Waals surface area contributed by atoms with Gasteiger partial charge in [-0.05, 0) is 18.2 Å². The predicted octanol–water partition coefficient (Wildman–Crippen LogP) is 3.77. The smallest absolute Gasteiger partial charge is 0.142 e. The Kier molecular flexibility index (Phi) is 5.91. The van der Waals surface area contributed by atoms with Gasteiger partial charge in [-0.2, -0.15) is 5.10 Å². The lowest BCUT2D eigenvalue weighted by atomic mass is 10.2. The van der Waals surface area contributed by atoms with E-state index in [1.807, 2.05) is 23.0 Å². The van der Waals surface area contributed by atoms with Gasteiger partial charge in [0.05, 0.1) is 11.6 Å². The van der Waals surface area contributed by atoms with Gasteiger partial charge in [-0.15, -0.1) is 0 Å². The van der Waals surface area contributed by atoms with Gasteiger partial charge in [-0.3, -0.25) is 4.68 Å². The molecular weight excluding hydrogens is 309 g/mol. The molecule has 1 N–H and O–H groups in total. The van der Waals surface area contributed by atoms with E-state index < -0.39 is 0 Å². The molecule has 0 aliphatic heterocycles. The minimum Gasteiger partial charge on any atom is -0.490 e. The zero-order valence-corrected chi connectivity index (χ0v) is 13.7. The number of rotatable bonds is 7. The van der Waals surface area contributed by atoms with Crippen LogP contribution in [0.5, 0.6) is 5.75 Å². The van der Waals surface area contributed by atoms with Gasteiger partial charge in [0.15, 0.2) is 0 Å². The molecule has 0 saturated heterocycles. The van der Waals surface area contributed by atoms with Gasteiger partial charge in [0, 0.05) is 35.6 Å². The lowest BCUT2D eigenvalue weighted by Gasteiger charge is -2.15. The predicted molar refractivity (Wildman–Crippen MR) is 86.2 cm³/mol. The summed E-state index contributed by atoms with van der Waals surface area (Å²) in [5.74, 6) is 0.682. The summed E-state index contributed by atoms with van der Waals surface area (Å²) in [6, 6.07) is 5.84. The van der Waals surface area contributed by atoms with Crippen LogP contribution >= 0.6 is 23.2 Å². The first-order chi connectivity index (χ1) is 10.1. The van der Waals surface area contributed by atoms with Crippen LogP contribution in [0.25, 0.3) is 0 Å². The van der Waals surface area contributed by atoms with Crippen molar-refractivity contribution in [2.45, 2.75) is 33.0 Å². The van der Waals surface area contributed by atoms with E-state index in [0.717, 1.165) is 5.56 Å². The number of hydrogen-bond acceptors (Lipinski definition) is 3. The topological polar surface area (TPSA) is 39.1 Å². The fourth-order valence-corrected chi connectivity index (χ4v) is 2.48. The molecule has 0 unspecified atom stereocenters. The van der Waals surface area contributed by atoms with Crippen LogP contribution in [-0.2, 0) is 13.1 Å². The maximum Gasteiger partial charge on any atom is 0.142 e. The summed E-state index contributed by atoms with van der Waals surface area (Å²) in [4.78, 5) is 0. The van der Waals surface area contributed by atoms with Crippen LogP contribution in [0.2, 0.25) is 10.0 Å². The average Bonchev–Trinajstić information content (AvgIpc) is 2.92. The van der Waals surface area contributed by atoms with Gasteiger partial charge in [-0.1, -0.05) is 37.0 Å². The monoisotopic (exact) mass is 327 g/mol. The van der Waals surface area contributed by atoms with Gasteiger partial charge < -0.3 is 10.1 Å². The molecule has 0 fully saturated rings. The molecule has 21 heavy (non-hydrogen) atoms. The minimum atomic E-state index is 0.375. The zero-order chi connectivity index (χ0) is 15.2. The number of nitrogens with one attached hydrogen (secondary N) is 1. The second-order valence-corrected chi connectivity index (χ2v) is 5.87. The summed E-state index contributed by atoms with van der Waals surface area (Å²) in [6.45, 7) is 6.00. The largest absolute Gasteiger partial charge is 0.490 e. The van der Waals surface area contributed by atoms with Crippen molar-refractivity contribution in [1.29, 1.82) is 0 Å². The van der Waals surface area contributed by atoms with E-state index in [4.69, 9.17) is 27.9 Å². The molecule has 0 radical (unpaired) electrons. The van der Waals surface area contributed by atoms with E-state index in [-0.39, 0.29) is 0 Å². The van der Waals surface area contributed by atoms with Gasteiger partial charge in [0.25, 0.3) is 0 Å². The molecule has 0 atom stereocenters. The molecule has 4 nitrogen and oxygen atoms in total. The maximum absolute atomic E-state index is 6.25. The van der Waals surface area contributed by atoms with Gasteiger partial charge in [-0.25, -0.2) is 0 Å². The van der Waals surface area contributed by atoms with Crippen molar-refractivity contribution < 1.29 is 4.74 Å². The molecular formula is C15H19Cl2N3O. The molecule has 0 saturated carbocycles. The van der Waals surface area contributed by atoms with Crippen molar-refractivity contribution in [3.05, 3.63) is 46.2 Å². The molecule has 6 heteroatoms. The summed E-state index contributed by atoms with van der Waals surface area (Å²) in [5, 5.41) is 8.62. The SMILES string of the molecule is CC(C)NCc1cc(Cl)cc(Cl)c1OCCn1cccn1. The Morgan fingerprint density at radius 1 is 1.33 bits per heavy atom. The summed E-state index contributed by atoms with van der Waals surface area (Å²) in [5.41, 5.74) is 0.960. The first-order valence-corrected chi connectivity index (χ1v) is 7.63. The molecule has 0 amide bonds. The molecule has 1 heterocycles. The number of benzene rings is 1. The standard InChI is InChI=1S/C15H19Cl2N3O/c1-11(2)18-10-12-8-13(16)9-14(17)15(12)21-7-6-20-5-3-4-19-20/h3-5,8-9,11,18H,6-7,10H2,1-2H3. The summed E-state index contributed by atoms with van der Waals surface area (Å²) in [6.07, 6.45) is 3.64. The fraction of sp³-hybridized carbons (Fsp3) is 0.400. The second kappa shape index (κ2) is 7.69. The van der Waals surface area contributed by atoms with Crippen molar-refractivity contribution in [1.82, 2.24) is 15.1 Å². The lowest BCUT2D eigenvalue weighted by Crippen LogP contribution is -2.22. The Morgan fingerprint density at radius 3 is 2.81 bits per heavy atom. The van der Waals surface area contributed by atoms with Crippen molar-refractivity contribution in [3.63, 3.8) is 0 Å². The molecule has 0 aliphatic carbocycles. The highest BCUT2D eigenvalue weighted by Crippen LogP contribution is 2.32. The van der Waals surface area contributed by atoms with Crippen molar-refractivity contribution in [2.24, 2.45) is 0 Å². The van der Waals surface area contributed by atoms with E-state index in [9.17, 15) is 0 Å². The normalized spacial score (nSPS) is 11.1. The van der Waals surface area contributed by atoms with E-state index in [2.05, 4.69) is 24.3 Å². The Morgan fingerprint density at radius 2 is 2.14 bits per heavy atom. The summed E-state index contributed by atoms with van der Waals surface area (Å²) >= 11 is 12.3. The molecule has 0 bridgehead atoms. The van der Waals surface area contributed by atoms with Gasteiger partial charge >= 0.3 is 0 Å². The highest BCUT2D eigenvalue weighted by Gasteiger charge is 2.11. The molecule has 0 spiro atoms. The summed E-state index contributed by atoms with van der Waals surface area (Å²) < 4.78 is 7.65. The number of nitrogens with zero attached hydrogens (tertiary/aromatic N) is 2. The number of hydrogen-bond donors (Lipinski definition) is 1. The van der Waals surface area contributed by atoms with E-state index in [1.54, 1.807) is 12.3 Å². The first kappa shape index (κ1) is 16.1. The summed E-state index contributed by atoms with van der Waals surface area (Å²) in [7, 11) is 0. The van der Waals surface area contributed by atoms with Crippen molar-refractivity contribution in [3.8, 4) is 5.75 Å². The molecule has 2 rings (SSSR count). The van der Waals surface area contributed by atoms with Crippen molar-refractivity contribution in [2.75, 3.05) is 6.61 Å². The Bertz CT molecular complexity index is 571. The van der Waals surface area contributed by atoms with Crippen molar-refractivity contribution >= 4 is 23.2 Å². The Hall–Kier alpha value is -1.23. The van der Waals surface area contributed by atoms with Crippen LogP contribution in [0.3, 0.4) is 0 Å². The third-order valence-electron chi connectivity index (χ3n) is 2.91. The zero-order valence-electron chi connectivity index (χ0n) is 12.1. The fourth-order valence-electron chi connectivity index (χ4n) is 1.89. The van der Waals surface area contributed by atoms with E-state index in [1.165, 1.54) is 0 Å². The quantitative estimate of drug-likeness (QED) is 0.841. The van der Waals surface area contributed by atoms with E-state index in [0.29, 0.717) is 41.5 Å². The van der Waals surface area contributed by atoms with Crippen LogP contribution in [0.15, 0.2) is 30.6 Å². The third-order valence-corrected chi connectivity index (χ3v) is 3.41. The highest BCUT2D eigenvalue weighted by atomic mass is 35.5. The third kappa shape index (κ3) is 4.92. The molecule has 2 aromatic rings. The molecule has 1 aromatic carbocycles. The minimum absolute atomic E-state index is 0.375. The number of aromatic nitrogens is 2. The van der Waals surface area contributed by atoms with E-state index >= 15 is 0 Å². The van der Waals surface area contributed by atoms with Gasteiger partial charge in [0.1, 0.15) is 12.4 Å². The van der Waals surface area contributed by atoms with Crippen LogP contribution in [0, 0.1) is 0 Å². The molecule has 1 aromatic heterocycles. The molecule has 0 aliphatic rings.